The Morgan fingerprint density at radius 1 is 1.91 bits per heavy atom. The van der Waals surface area contributed by atoms with E-state index in [2.05, 4.69) is 26.9 Å². The molecule has 0 aliphatic rings. The fourth-order valence-electron chi connectivity index (χ4n) is 0.476. The van der Waals surface area contributed by atoms with E-state index >= 15 is 0 Å². The first-order chi connectivity index (χ1) is 5.07. The fourth-order valence-corrected chi connectivity index (χ4v) is 0.678. The van der Waals surface area contributed by atoms with Gasteiger partial charge in [-0.2, -0.15) is 0 Å². The van der Waals surface area contributed by atoms with Crippen LogP contribution in [0.5, 0.6) is 0 Å². The van der Waals surface area contributed by atoms with E-state index in [0.717, 1.165) is 0 Å². The van der Waals surface area contributed by atoms with Gasteiger partial charge in [0.15, 0.2) is 0 Å². The predicted molar refractivity (Wildman–Crippen MR) is 38.6 cm³/mol. The molecular weight excluding hydrogens is 191 g/mol. The molecule has 4 nitrogen and oxygen atoms in total. The predicted octanol–water partition coefficient (Wildman–Crippen LogP) is -0.802. The molecule has 11 heavy (non-hydrogen) atoms. The van der Waals surface area contributed by atoms with E-state index in [9.17, 15) is 4.79 Å². The van der Waals surface area contributed by atoms with Gasteiger partial charge in [0, 0.05) is 0 Å². The maximum atomic E-state index is 10.2. The molecule has 0 saturated heterocycles. The number of hydrogen-bond acceptors (Lipinski definition) is 3. The average Bonchev–Trinajstić information content (AvgIpc) is 1.87. The molecule has 0 spiro atoms. The molecule has 5 heteroatoms. The first-order valence-corrected chi connectivity index (χ1v) is 3.46. The van der Waals surface area contributed by atoms with Gasteiger partial charge in [-0.1, -0.05) is 0 Å². The van der Waals surface area contributed by atoms with Crippen molar-refractivity contribution in [3.63, 3.8) is 0 Å². The molecule has 0 aromatic heterocycles. The van der Waals surface area contributed by atoms with Gasteiger partial charge in [-0.15, -0.1) is 0 Å². The monoisotopic (exact) mass is 200 g/mol. The normalized spacial score (nSPS) is 11.9. The zero-order valence-corrected chi connectivity index (χ0v) is 6.81. The van der Waals surface area contributed by atoms with Crippen molar-refractivity contribution >= 4 is 11.1 Å². The van der Waals surface area contributed by atoms with Gasteiger partial charge in [-0.25, -0.2) is 0 Å². The average molecular weight is 201 g/mol. The Hall–Kier alpha value is -0.666. The molecule has 0 rings (SSSR count). The minimum atomic E-state index is -1.04. The van der Waals surface area contributed by atoms with Crippen molar-refractivity contribution in [3.05, 3.63) is 12.3 Å². The molecule has 0 radical (unpaired) electrons. The number of carboxylic acid groups (broad SMARTS) is 1. The molecule has 0 bridgehead atoms. The molecular formula is C6H10N2NiO2. The van der Waals surface area contributed by atoms with Gasteiger partial charge < -0.3 is 0 Å². The van der Waals surface area contributed by atoms with E-state index < -0.39 is 12.0 Å². The number of nitrogens with one attached hydrogen (secondary N) is 1. The van der Waals surface area contributed by atoms with Crippen molar-refractivity contribution in [1.29, 1.82) is 0 Å². The Labute approximate surface area is 72.4 Å². The van der Waals surface area contributed by atoms with Gasteiger partial charge in [0.1, 0.15) is 0 Å². The second-order valence-electron chi connectivity index (χ2n) is 1.99. The van der Waals surface area contributed by atoms with Crippen LogP contribution in [0, 0.1) is 0 Å². The van der Waals surface area contributed by atoms with Crippen molar-refractivity contribution in [2.75, 3.05) is 0 Å². The third-order valence-corrected chi connectivity index (χ3v) is 1.18. The summed E-state index contributed by atoms with van der Waals surface area (Å²) in [5, 5.41) is 12.3. The van der Waals surface area contributed by atoms with Crippen LogP contribution >= 0.6 is 0 Å². The van der Waals surface area contributed by atoms with Crippen molar-refractivity contribution in [2.24, 2.45) is 5.73 Å². The van der Waals surface area contributed by atoms with E-state index in [1.165, 1.54) is 5.12 Å². The quantitative estimate of drug-likeness (QED) is 0.508. The number of aliphatic carboxylic acids is 1. The molecule has 0 heterocycles. The molecule has 0 saturated carbocycles. The SMILES string of the molecule is C=C(CC(N)C(=O)O)N[CH]=[Ni]. The van der Waals surface area contributed by atoms with Gasteiger partial charge in [-0.05, 0) is 0 Å². The number of rotatable bonds is 5. The standard InChI is InChI=1S/C6H10N2O2.Ni/c1-4(8-2)3-5(7)6(9)10;/h2,5,8H,1,3,7H2,(H,9,10);. The molecule has 0 amide bonds. The maximum absolute atomic E-state index is 10.2. The van der Waals surface area contributed by atoms with Crippen LogP contribution in [0.25, 0.3) is 0 Å². The Morgan fingerprint density at radius 2 is 2.45 bits per heavy atom. The summed E-state index contributed by atoms with van der Waals surface area (Å²) in [5.41, 5.74) is 5.72. The van der Waals surface area contributed by atoms with Crippen molar-refractivity contribution in [2.45, 2.75) is 12.5 Å². The molecule has 0 aliphatic carbocycles. The van der Waals surface area contributed by atoms with Gasteiger partial charge in [0.05, 0.1) is 0 Å². The third-order valence-electron chi connectivity index (χ3n) is 1.03. The molecule has 0 aromatic carbocycles. The second-order valence-corrected chi connectivity index (χ2v) is 2.27. The molecule has 1 unspecified atom stereocenters. The van der Waals surface area contributed by atoms with Gasteiger partial charge >= 0.3 is 71.8 Å². The minimum absolute atomic E-state index is 0.190. The summed E-state index contributed by atoms with van der Waals surface area (Å²) < 4.78 is 0. The van der Waals surface area contributed by atoms with E-state index in [1.807, 2.05) is 0 Å². The van der Waals surface area contributed by atoms with Crippen LogP contribution in [0.2, 0.25) is 0 Å². The Balaban J connectivity index is 3.74. The molecule has 0 aromatic rings. The fraction of sp³-hybridized carbons (Fsp3) is 0.333. The zero-order chi connectivity index (χ0) is 8.85. The molecule has 1 atom stereocenters. The Bertz CT molecular complexity index is 181. The van der Waals surface area contributed by atoms with Crippen LogP contribution in [0.1, 0.15) is 6.42 Å². The topological polar surface area (TPSA) is 75.4 Å². The van der Waals surface area contributed by atoms with Crippen LogP contribution < -0.4 is 11.1 Å². The van der Waals surface area contributed by atoms with Crippen LogP contribution in [0.4, 0.5) is 0 Å². The molecule has 0 aliphatic heterocycles. The van der Waals surface area contributed by atoms with E-state index in [-0.39, 0.29) is 6.42 Å². The summed E-state index contributed by atoms with van der Waals surface area (Å²) in [7, 11) is 0. The van der Waals surface area contributed by atoms with E-state index in [1.54, 1.807) is 0 Å². The summed E-state index contributed by atoms with van der Waals surface area (Å²) in [5.74, 6) is -1.04. The summed E-state index contributed by atoms with van der Waals surface area (Å²) in [6, 6.07) is -0.907. The Morgan fingerprint density at radius 3 is 2.82 bits per heavy atom. The number of carboxylic acids is 1. The molecule has 4 N–H and O–H groups in total. The van der Waals surface area contributed by atoms with Gasteiger partial charge in [0.25, 0.3) is 0 Å². The van der Waals surface area contributed by atoms with Crippen molar-refractivity contribution in [3.8, 4) is 0 Å². The molecule has 0 fully saturated rings. The van der Waals surface area contributed by atoms with E-state index in [0.29, 0.717) is 5.70 Å². The third kappa shape index (κ3) is 4.70. The first-order valence-electron chi connectivity index (χ1n) is 2.89. The Kier molecular flexibility index (Phi) is 4.74. The summed E-state index contributed by atoms with van der Waals surface area (Å²) >= 11 is 4.19. The summed E-state index contributed by atoms with van der Waals surface area (Å²) in [4.78, 5) is 10.2. The van der Waals surface area contributed by atoms with Gasteiger partial charge in [0.2, 0.25) is 0 Å². The number of nitrogens with two attached hydrogens (primary N) is 1. The molecule has 66 valence electrons. The van der Waals surface area contributed by atoms with E-state index in [4.69, 9.17) is 10.8 Å². The van der Waals surface area contributed by atoms with Crippen molar-refractivity contribution in [1.82, 2.24) is 5.32 Å². The first kappa shape index (κ1) is 10.3. The number of carbonyl (C=O) groups is 1. The second kappa shape index (κ2) is 5.05. The number of hydrogen-bond donors (Lipinski definition) is 3. The van der Waals surface area contributed by atoms with Crippen LogP contribution in [0.15, 0.2) is 12.3 Å². The summed E-state index contributed by atoms with van der Waals surface area (Å²) in [6.07, 6.45) is 0.190. The van der Waals surface area contributed by atoms with Crippen LogP contribution in [0.3, 0.4) is 0 Å². The van der Waals surface area contributed by atoms with Gasteiger partial charge in [-0.3, -0.25) is 0 Å². The van der Waals surface area contributed by atoms with Crippen molar-refractivity contribution < 1.29 is 24.9 Å². The van der Waals surface area contributed by atoms with Crippen LogP contribution in [-0.2, 0) is 19.8 Å². The van der Waals surface area contributed by atoms with Crippen LogP contribution in [-0.4, -0.2) is 22.2 Å². The zero-order valence-electron chi connectivity index (χ0n) is 5.82. The summed E-state index contributed by atoms with van der Waals surface area (Å²) in [6.45, 7) is 3.52.